The predicted molar refractivity (Wildman–Crippen MR) is 131 cm³/mol. The molecule has 3 rings (SSSR count). The van der Waals surface area contributed by atoms with Crippen LogP contribution in [0.1, 0.15) is 29.1 Å². The second-order valence-electron chi connectivity index (χ2n) is 7.64. The number of halogens is 1. The minimum atomic E-state index is -2.63. The molecule has 13 heteroatoms. The zero-order chi connectivity index (χ0) is 26.8. The molecule has 0 aliphatic carbocycles. The molecule has 1 aromatic heterocycles. The van der Waals surface area contributed by atoms with Crippen LogP contribution in [0, 0.1) is 5.82 Å². The van der Waals surface area contributed by atoms with Crippen LogP contribution in [0.4, 0.5) is 4.39 Å². The quantitative estimate of drug-likeness (QED) is 0.190. The molecule has 10 nitrogen and oxygen atoms in total. The number of rotatable bonds is 13. The summed E-state index contributed by atoms with van der Waals surface area (Å²) in [7, 11) is -1.50. The van der Waals surface area contributed by atoms with Crippen molar-refractivity contribution in [2.75, 3.05) is 13.4 Å². The second kappa shape index (κ2) is 13.3. The number of carbonyl (C=O) groups is 3. The fraction of sp³-hybridized carbons (Fsp3) is 0.292. The molecule has 37 heavy (non-hydrogen) atoms. The van der Waals surface area contributed by atoms with Gasteiger partial charge in [-0.2, -0.15) is 0 Å². The van der Waals surface area contributed by atoms with Gasteiger partial charge in [0.05, 0.1) is 17.5 Å². The number of carbonyl (C=O) groups excluding carboxylic acids is 3. The zero-order valence-electron chi connectivity index (χ0n) is 19.9. The fourth-order valence-electron chi connectivity index (χ4n) is 3.25. The molecule has 3 atom stereocenters. The summed E-state index contributed by atoms with van der Waals surface area (Å²) in [5, 5.41) is 3.71. The van der Waals surface area contributed by atoms with Gasteiger partial charge in [0.2, 0.25) is 6.79 Å². The summed E-state index contributed by atoms with van der Waals surface area (Å²) < 4.78 is 51.2. The lowest BCUT2D eigenvalue weighted by atomic mass is 10.1. The van der Waals surface area contributed by atoms with Crippen molar-refractivity contribution in [3.05, 3.63) is 70.9 Å². The Morgan fingerprint density at radius 2 is 1.84 bits per heavy atom. The van der Waals surface area contributed by atoms with Crippen molar-refractivity contribution >= 4 is 48.0 Å². The lowest BCUT2D eigenvalue weighted by Gasteiger charge is -2.27. The van der Waals surface area contributed by atoms with Gasteiger partial charge >= 0.3 is 26.8 Å². The van der Waals surface area contributed by atoms with Crippen LogP contribution < -0.4 is 5.32 Å². The summed E-state index contributed by atoms with van der Waals surface area (Å²) in [6.45, 7) is 0.991. The lowest BCUT2D eigenvalue weighted by molar-refractivity contribution is -0.462. The van der Waals surface area contributed by atoms with E-state index in [1.54, 1.807) is 12.1 Å². The number of esters is 2. The highest BCUT2D eigenvalue weighted by Crippen LogP contribution is 2.26. The summed E-state index contributed by atoms with van der Waals surface area (Å²) >= 11 is 1.29. The Morgan fingerprint density at radius 3 is 2.51 bits per heavy atom. The Bertz CT molecular complexity index is 1240. The van der Waals surface area contributed by atoms with E-state index in [0.29, 0.717) is 10.4 Å². The molecule has 0 bridgehead atoms. The van der Waals surface area contributed by atoms with Crippen LogP contribution in [0.2, 0.25) is 0 Å². The number of fused-ring (bicyclic) bond motifs is 1. The molecule has 2 aromatic carbocycles. The number of hydrogen-bond acceptors (Lipinski definition) is 10. The van der Waals surface area contributed by atoms with Crippen LogP contribution in [0.25, 0.3) is 10.1 Å². The molecule has 1 heterocycles. The van der Waals surface area contributed by atoms with Crippen molar-refractivity contribution in [2.24, 2.45) is 0 Å². The number of nitrogens with one attached hydrogen (secondary N) is 1. The van der Waals surface area contributed by atoms with E-state index in [9.17, 15) is 23.3 Å². The predicted octanol–water partition coefficient (Wildman–Crippen LogP) is 4.07. The monoisotopic (exact) mass is 552 g/mol. The van der Waals surface area contributed by atoms with Crippen LogP contribution in [0.5, 0.6) is 0 Å². The molecule has 196 valence electrons. The van der Waals surface area contributed by atoms with Crippen LogP contribution in [-0.4, -0.2) is 43.4 Å². The van der Waals surface area contributed by atoms with Crippen molar-refractivity contribution in [2.45, 2.75) is 32.5 Å². The first-order valence-electron chi connectivity index (χ1n) is 10.9. The van der Waals surface area contributed by atoms with E-state index in [1.807, 2.05) is 24.3 Å². The van der Waals surface area contributed by atoms with E-state index in [1.165, 1.54) is 29.5 Å². The van der Waals surface area contributed by atoms with E-state index in [-0.39, 0.29) is 6.42 Å². The molecule has 0 aliphatic rings. The molecule has 0 spiro atoms. The highest BCUT2D eigenvalue weighted by molar-refractivity contribution is 7.20. The first kappa shape index (κ1) is 28.3. The van der Waals surface area contributed by atoms with Crippen LogP contribution in [0.3, 0.4) is 0 Å². The van der Waals surface area contributed by atoms with E-state index < -0.39 is 58.0 Å². The molecular weight excluding hydrogens is 528 g/mol. The Morgan fingerprint density at radius 1 is 1.05 bits per heavy atom. The minimum Gasteiger partial charge on any atom is -0.438 e. The molecular formula is C24H24FNO9PS+. The average Bonchev–Trinajstić information content (AvgIpc) is 3.27. The van der Waals surface area contributed by atoms with Gasteiger partial charge in [0, 0.05) is 18.5 Å². The normalized spacial score (nSPS) is 13.6. The van der Waals surface area contributed by atoms with Crippen LogP contribution >= 0.6 is 20.0 Å². The number of ether oxygens (including phenoxy) is 4. The molecule has 0 radical (unpaired) electrons. The summed E-state index contributed by atoms with van der Waals surface area (Å²) in [5.41, 5.74) is 0.538. The lowest BCUT2D eigenvalue weighted by Crippen LogP contribution is -2.47. The molecule has 0 saturated heterocycles. The molecule has 0 aliphatic heterocycles. The van der Waals surface area contributed by atoms with Gasteiger partial charge in [0.15, 0.2) is 0 Å². The largest absolute Gasteiger partial charge is 0.508 e. The van der Waals surface area contributed by atoms with Crippen molar-refractivity contribution in [3.8, 4) is 0 Å². The fourth-order valence-corrected chi connectivity index (χ4v) is 4.47. The first-order valence-corrected chi connectivity index (χ1v) is 12.5. The molecule has 3 aromatic rings. The van der Waals surface area contributed by atoms with E-state index in [4.69, 9.17) is 18.7 Å². The summed E-state index contributed by atoms with van der Waals surface area (Å²) in [4.78, 5) is 36.3. The van der Waals surface area contributed by atoms with Gasteiger partial charge in [-0.3, -0.25) is 23.9 Å². The highest BCUT2D eigenvalue weighted by atomic mass is 32.1. The van der Waals surface area contributed by atoms with E-state index in [2.05, 4.69) is 10.1 Å². The van der Waals surface area contributed by atoms with Crippen LogP contribution in [-0.2, 0) is 44.0 Å². The van der Waals surface area contributed by atoms with Crippen molar-refractivity contribution in [1.29, 1.82) is 0 Å². The third-order valence-corrected chi connectivity index (χ3v) is 6.20. The van der Waals surface area contributed by atoms with Crippen molar-refractivity contribution < 1.29 is 46.8 Å². The molecule has 0 fully saturated rings. The van der Waals surface area contributed by atoms with Gasteiger partial charge in [-0.15, -0.1) is 11.3 Å². The Balaban J connectivity index is 1.82. The van der Waals surface area contributed by atoms with Crippen LogP contribution in [0.15, 0.2) is 54.6 Å². The number of thiophene rings is 1. The smallest absolute Gasteiger partial charge is 0.438 e. The zero-order valence-corrected chi connectivity index (χ0v) is 21.7. The summed E-state index contributed by atoms with van der Waals surface area (Å²) in [6, 6.07) is 14.2. The highest BCUT2D eigenvalue weighted by Gasteiger charge is 2.45. The number of amides is 1. The first-order chi connectivity index (χ1) is 17.7. The second-order valence-corrected chi connectivity index (χ2v) is 9.10. The van der Waals surface area contributed by atoms with Crippen molar-refractivity contribution in [3.63, 3.8) is 0 Å². The molecule has 1 amide bonds. The van der Waals surface area contributed by atoms with Gasteiger partial charge < -0.3 is 14.8 Å². The minimum absolute atomic E-state index is 0.105. The Kier molecular flexibility index (Phi) is 10.2. The topological polar surface area (TPSA) is 126 Å². The van der Waals surface area contributed by atoms with E-state index >= 15 is 0 Å². The third kappa shape index (κ3) is 8.66. The van der Waals surface area contributed by atoms with Gasteiger partial charge in [-0.05, 0) is 50.7 Å². The third-order valence-electron chi connectivity index (χ3n) is 4.75. The number of hydrogen-bond donors (Lipinski definition) is 1. The standard InChI is InChI=1S/C24H23FNO9PS/c1-15(27)31-14-33-24(35-36-30,34-16(2)28)32-13-20(11-17-6-5-8-19(25)10-17)26-23(29)22-12-18-7-3-4-9-21(18)37-22/h3-10,12,20,36H,11,13-14H2,1-2H3/p+1. The Labute approximate surface area is 216 Å². The van der Waals surface area contributed by atoms with Gasteiger partial charge in [-0.1, -0.05) is 30.3 Å². The number of benzene rings is 2. The SMILES string of the molecule is CC(=O)OCOC(OCC(Cc1cccc(F)c1)NC(=O)c1cc2ccccc2s1)(O[PH+]=O)OC(C)=O. The van der Waals surface area contributed by atoms with Gasteiger partial charge in [-0.25, -0.2) is 4.39 Å². The maximum Gasteiger partial charge on any atom is 0.508 e. The van der Waals surface area contributed by atoms with E-state index in [0.717, 1.165) is 23.9 Å². The maximum atomic E-state index is 13.8. The molecule has 1 N–H and O–H groups in total. The Hall–Kier alpha value is -3.28. The van der Waals surface area contributed by atoms with Gasteiger partial charge in [0.25, 0.3) is 5.91 Å². The molecule has 0 saturated carbocycles. The summed E-state index contributed by atoms with van der Waals surface area (Å²) in [5.74, 6) is -2.52. The van der Waals surface area contributed by atoms with Gasteiger partial charge in [0.1, 0.15) is 5.82 Å². The maximum absolute atomic E-state index is 13.8. The average molecular weight is 552 g/mol. The molecule has 3 unspecified atom stereocenters. The summed E-state index contributed by atoms with van der Waals surface area (Å²) in [6.07, 6.45) is -2.53. The van der Waals surface area contributed by atoms with Crippen molar-refractivity contribution in [1.82, 2.24) is 5.32 Å².